The fraction of sp³-hybridized carbons (Fsp3) is 0.500. The second-order valence-corrected chi connectivity index (χ2v) is 4.37. The molecule has 0 N–H and O–H groups in total. The first-order valence-electron chi connectivity index (χ1n) is 4.57. The van der Waals surface area contributed by atoms with E-state index < -0.39 is 28.3 Å². The predicted octanol–water partition coefficient (Wildman–Crippen LogP) is 1.59. The molecule has 100 valence electrons. The highest BCUT2D eigenvalue weighted by Crippen LogP contribution is 2.34. The van der Waals surface area contributed by atoms with E-state index in [-0.39, 0.29) is 11.3 Å². The SMILES string of the molecule is CC(=O)N(C(=O)N(C)C)c1nnc(C(F)(F)F)s1. The van der Waals surface area contributed by atoms with Crippen molar-refractivity contribution >= 4 is 28.4 Å². The number of imide groups is 1. The lowest BCUT2D eigenvalue weighted by molar-refractivity contribution is -0.138. The Balaban J connectivity index is 3.13. The number of carbonyl (C=O) groups excluding carboxylic acids is 2. The lowest BCUT2D eigenvalue weighted by atomic mass is 10.6. The van der Waals surface area contributed by atoms with Gasteiger partial charge in [0.15, 0.2) is 0 Å². The van der Waals surface area contributed by atoms with Gasteiger partial charge in [0.25, 0.3) is 0 Å². The van der Waals surface area contributed by atoms with Crippen LogP contribution < -0.4 is 4.90 Å². The highest BCUT2D eigenvalue weighted by atomic mass is 32.1. The fourth-order valence-corrected chi connectivity index (χ4v) is 1.72. The first kappa shape index (κ1) is 14.4. The zero-order valence-corrected chi connectivity index (χ0v) is 10.5. The van der Waals surface area contributed by atoms with Crippen LogP contribution >= 0.6 is 11.3 Å². The summed E-state index contributed by atoms with van der Waals surface area (Å²) in [4.78, 5) is 24.5. The normalized spacial score (nSPS) is 11.2. The van der Waals surface area contributed by atoms with Crippen LogP contribution in [0.4, 0.5) is 23.1 Å². The van der Waals surface area contributed by atoms with E-state index in [1.165, 1.54) is 14.1 Å². The highest BCUT2D eigenvalue weighted by molar-refractivity contribution is 7.15. The minimum atomic E-state index is -4.65. The molecule has 0 aliphatic rings. The summed E-state index contributed by atoms with van der Waals surface area (Å²) in [5.41, 5.74) is 0. The number of halogens is 3. The molecule has 0 saturated heterocycles. The summed E-state index contributed by atoms with van der Waals surface area (Å²) in [7, 11) is 2.73. The van der Waals surface area contributed by atoms with Crippen LogP contribution in [0.2, 0.25) is 0 Å². The van der Waals surface area contributed by atoms with Gasteiger partial charge in [-0.1, -0.05) is 11.3 Å². The molecule has 1 heterocycles. The summed E-state index contributed by atoms with van der Waals surface area (Å²) in [5.74, 6) is -0.737. The quantitative estimate of drug-likeness (QED) is 0.784. The van der Waals surface area contributed by atoms with Gasteiger partial charge in [-0.2, -0.15) is 13.2 Å². The number of alkyl halides is 3. The maximum Gasteiger partial charge on any atom is 0.445 e. The molecular weight excluding hydrogens is 273 g/mol. The summed E-state index contributed by atoms with van der Waals surface area (Å²) in [6, 6.07) is -0.785. The topological polar surface area (TPSA) is 66.4 Å². The van der Waals surface area contributed by atoms with Crippen molar-refractivity contribution in [2.45, 2.75) is 13.1 Å². The Hall–Kier alpha value is -1.71. The van der Waals surface area contributed by atoms with Gasteiger partial charge in [-0.25, -0.2) is 9.69 Å². The van der Waals surface area contributed by atoms with Crippen LogP contribution in [0, 0.1) is 0 Å². The molecule has 0 aliphatic carbocycles. The molecule has 0 atom stereocenters. The average Bonchev–Trinajstić information content (AvgIpc) is 2.65. The van der Waals surface area contributed by atoms with Crippen LogP contribution in [0.5, 0.6) is 0 Å². The van der Waals surface area contributed by atoms with Crippen LogP contribution in [0.3, 0.4) is 0 Å². The van der Waals surface area contributed by atoms with Crippen LogP contribution in [-0.4, -0.2) is 41.1 Å². The lowest BCUT2D eigenvalue weighted by Gasteiger charge is -2.19. The lowest BCUT2D eigenvalue weighted by Crippen LogP contribution is -2.42. The van der Waals surface area contributed by atoms with Crippen molar-refractivity contribution in [1.82, 2.24) is 15.1 Å². The van der Waals surface area contributed by atoms with Gasteiger partial charge in [0, 0.05) is 21.0 Å². The maximum atomic E-state index is 12.3. The zero-order chi connectivity index (χ0) is 14.1. The molecule has 0 bridgehead atoms. The Morgan fingerprint density at radius 1 is 1.22 bits per heavy atom. The molecule has 0 radical (unpaired) electrons. The Kier molecular flexibility index (Phi) is 3.89. The Morgan fingerprint density at radius 3 is 2.11 bits per heavy atom. The van der Waals surface area contributed by atoms with E-state index in [1.54, 1.807) is 0 Å². The Bertz CT molecular complexity index is 471. The number of carbonyl (C=O) groups is 2. The van der Waals surface area contributed by atoms with Crippen molar-refractivity contribution in [3.8, 4) is 0 Å². The third-order valence-electron chi connectivity index (χ3n) is 1.74. The molecule has 0 aliphatic heterocycles. The van der Waals surface area contributed by atoms with Gasteiger partial charge in [-0.15, -0.1) is 10.2 Å². The Labute approximate surface area is 104 Å². The molecule has 0 aromatic carbocycles. The van der Waals surface area contributed by atoms with E-state index >= 15 is 0 Å². The molecule has 1 aromatic heterocycles. The predicted molar refractivity (Wildman–Crippen MR) is 57.2 cm³/mol. The smallest absolute Gasteiger partial charge is 0.330 e. The number of rotatable bonds is 1. The van der Waals surface area contributed by atoms with Gasteiger partial charge >= 0.3 is 12.2 Å². The largest absolute Gasteiger partial charge is 0.445 e. The molecule has 0 spiro atoms. The van der Waals surface area contributed by atoms with E-state index in [9.17, 15) is 22.8 Å². The van der Waals surface area contributed by atoms with E-state index in [0.29, 0.717) is 4.90 Å². The minimum absolute atomic E-state index is 0.132. The monoisotopic (exact) mass is 282 g/mol. The van der Waals surface area contributed by atoms with Crippen molar-refractivity contribution in [2.24, 2.45) is 0 Å². The summed E-state index contributed by atoms with van der Waals surface area (Å²) < 4.78 is 37.0. The molecule has 1 rings (SSSR count). The van der Waals surface area contributed by atoms with Crippen molar-refractivity contribution in [3.63, 3.8) is 0 Å². The van der Waals surface area contributed by atoms with Crippen LogP contribution in [-0.2, 0) is 11.0 Å². The molecule has 18 heavy (non-hydrogen) atoms. The summed E-state index contributed by atoms with van der Waals surface area (Å²) in [6.07, 6.45) is -4.65. The molecule has 0 unspecified atom stereocenters. The second-order valence-electron chi connectivity index (χ2n) is 3.42. The first-order chi connectivity index (χ1) is 8.14. The van der Waals surface area contributed by atoms with Crippen molar-refractivity contribution in [3.05, 3.63) is 5.01 Å². The highest BCUT2D eigenvalue weighted by Gasteiger charge is 2.37. The molecule has 10 heteroatoms. The number of anilines is 1. The number of hydrogen-bond donors (Lipinski definition) is 0. The van der Waals surface area contributed by atoms with E-state index in [4.69, 9.17) is 0 Å². The van der Waals surface area contributed by atoms with Gasteiger partial charge in [-0.05, 0) is 0 Å². The third-order valence-corrected chi connectivity index (χ3v) is 2.69. The van der Waals surface area contributed by atoms with Crippen LogP contribution in [0.15, 0.2) is 0 Å². The fourth-order valence-electron chi connectivity index (χ4n) is 0.972. The van der Waals surface area contributed by atoms with Crippen LogP contribution in [0.1, 0.15) is 11.9 Å². The summed E-state index contributed by atoms with van der Waals surface area (Å²) in [5, 5.41) is 4.50. The third kappa shape index (κ3) is 2.94. The molecule has 6 nitrogen and oxygen atoms in total. The first-order valence-corrected chi connectivity index (χ1v) is 5.39. The van der Waals surface area contributed by atoms with E-state index in [0.717, 1.165) is 11.8 Å². The molecule has 0 saturated carbocycles. The number of urea groups is 1. The number of nitrogens with zero attached hydrogens (tertiary/aromatic N) is 4. The second kappa shape index (κ2) is 4.88. The van der Waals surface area contributed by atoms with Gasteiger partial charge in [0.2, 0.25) is 16.0 Å². The molecular formula is C8H9F3N4O2S. The summed E-state index contributed by atoms with van der Waals surface area (Å²) >= 11 is 0.132. The van der Waals surface area contributed by atoms with Gasteiger partial charge in [0.05, 0.1) is 0 Å². The standard InChI is InChI=1S/C8H9F3N4O2S/c1-4(16)15(7(17)14(2)3)6-13-12-5(18-6)8(9,10)11/h1-3H3. The maximum absolute atomic E-state index is 12.3. The van der Waals surface area contributed by atoms with Crippen LogP contribution in [0.25, 0.3) is 0 Å². The zero-order valence-electron chi connectivity index (χ0n) is 9.65. The van der Waals surface area contributed by atoms with Gasteiger partial charge in [-0.3, -0.25) is 4.79 Å². The Morgan fingerprint density at radius 2 is 1.78 bits per heavy atom. The van der Waals surface area contributed by atoms with E-state index in [2.05, 4.69) is 10.2 Å². The van der Waals surface area contributed by atoms with Crippen molar-refractivity contribution in [2.75, 3.05) is 19.0 Å². The summed E-state index contributed by atoms with van der Waals surface area (Å²) in [6.45, 7) is 1.05. The minimum Gasteiger partial charge on any atom is -0.330 e. The van der Waals surface area contributed by atoms with Crippen molar-refractivity contribution < 1.29 is 22.8 Å². The van der Waals surface area contributed by atoms with Gasteiger partial charge < -0.3 is 4.90 Å². The van der Waals surface area contributed by atoms with Gasteiger partial charge in [0.1, 0.15) is 0 Å². The molecule has 1 aromatic rings. The van der Waals surface area contributed by atoms with E-state index in [1.807, 2.05) is 0 Å². The van der Waals surface area contributed by atoms with Crippen molar-refractivity contribution in [1.29, 1.82) is 0 Å². The molecule has 3 amide bonds. The molecule has 0 fully saturated rings. The average molecular weight is 282 g/mol. The number of amides is 3. The number of aromatic nitrogens is 2. The number of hydrogen-bond acceptors (Lipinski definition) is 5.